The van der Waals surface area contributed by atoms with Crippen molar-refractivity contribution in [3.8, 4) is 5.75 Å². The highest BCUT2D eigenvalue weighted by Gasteiger charge is 2.26. The van der Waals surface area contributed by atoms with E-state index in [0.29, 0.717) is 25.4 Å². The van der Waals surface area contributed by atoms with Crippen molar-refractivity contribution in [2.45, 2.75) is 26.8 Å². The van der Waals surface area contributed by atoms with Crippen molar-refractivity contribution in [2.24, 2.45) is 0 Å². The zero-order chi connectivity index (χ0) is 18.2. The van der Waals surface area contributed by atoms with E-state index in [1.165, 1.54) is 0 Å². The Kier molecular flexibility index (Phi) is 8.17. The SMILES string of the molecule is CC(=O)O.Cc1ccc(OCCS(=O)(=O)N2CCNC(C)C2)cc1. The number of hydrogen-bond acceptors (Lipinski definition) is 5. The maximum absolute atomic E-state index is 12.2. The largest absolute Gasteiger partial charge is 0.492 e. The Bertz CT molecular complexity index is 612. The third-order valence-corrected chi connectivity index (χ3v) is 5.16. The highest BCUT2D eigenvalue weighted by Crippen LogP contribution is 2.12. The molecule has 1 aromatic carbocycles. The predicted molar refractivity (Wildman–Crippen MR) is 92.8 cm³/mol. The molecule has 1 unspecified atom stereocenters. The fourth-order valence-electron chi connectivity index (χ4n) is 2.18. The van der Waals surface area contributed by atoms with Crippen LogP contribution in [0.2, 0.25) is 0 Å². The number of aliphatic carboxylic acids is 1. The van der Waals surface area contributed by atoms with Crippen molar-refractivity contribution in [1.29, 1.82) is 0 Å². The minimum Gasteiger partial charge on any atom is -0.492 e. The van der Waals surface area contributed by atoms with Gasteiger partial charge in [0.25, 0.3) is 5.97 Å². The molecule has 1 heterocycles. The first kappa shape index (κ1) is 20.4. The molecule has 0 spiro atoms. The summed E-state index contributed by atoms with van der Waals surface area (Å²) in [5.41, 5.74) is 1.15. The van der Waals surface area contributed by atoms with Crippen LogP contribution in [-0.2, 0) is 14.8 Å². The Morgan fingerprint density at radius 2 is 1.96 bits per heavy atom. The highest BCUT2D eigenvalue weighted by atomic mass is 32.2. The summed E-state index contributed by atoms with van der Waals surface area (Å²) in [5.74, 6) is -0.104. The van der Waals surface area contributed by atoms with Gasteiger partial charge in [-0.05, 0) is 26.0 Å². The molecule has 1 aliphatic rings. The number of nitrogens with one attached hydrogen (secondary N) is 1. The topological polar surface area (TPSA) is 95.9 Å². The highest BCUT2D eigenvalue weighted by molar-refractivity contribution is 7.89. The van der Waals surface area contributed by atoms with Gasteiger partial charge in [-0.3, -0.25) is 4.79 Å². The third kappa shape index (κ3) is 7.76. The molecule has 8 heteroatoms. The fourth-order valence-corrected chi connectivity index (χ4v) is 3.55. The van der Waals surface area contributed by atoms with Gasteiger partial charge in [0.1, 0.15) is 12.4 Å². The van der Waals surface area contributed by atoms with Crippen molar-refractivity contribution in [3.63, 3.8) is 0 Å². The molecular weight excluding hydrogens is 332 g/mol. The van der Waals surface area contributed by atoms with Gasteiger partial charge in [-0.25, -0.2) is 8.42 Å². The van der Waals surface area contributed by atoms with Crippen LogP contribution in [0.5, 0.6) is 5.75 Å². The minimum absolute atomic E-state index is 0.0214. The molecule has 1 saturated heterocycles. The molecule has 2 rings (SSSR count). The van der Waals surface area contributed by atoms with E-state index >= 15 is 0 Å². The molecule has 1 atom stereocenters. The summed E-state index contributed by atoms with van der Waals surface area (Å²) in [6.07, 6.45) is 0. The average Bonchev–Trinajstić information content (AvgIpc) is 2.49. The molecule has 136 valence electrons. The van der Waals surface area contributed by atoms with Crippen LogP contribution in [-0.4, -0.2) is 61.8 Å². The van der Waals surface area contributed by atoms with Gasteiger partial charge in [0.05, 0.1) is 5.75 Å². The summed E-state index contributed by atoms with van der Waals surface area (Å²) in [7, 11) is -3.23. The zero-order valence-corrected chi connectivity index (χ0v) is 15.2. The molecule has 1 aromatic rings. The van der Waals surface area contributed by atoms with Gasteiger partial charge in [0.15, 0.2) is 0 Å². The third-order valence-electron chi connectivity index (χ3n) is 3.36. The number of carbonyl (C=O) groups is 1. The van der Waals surface area contributed by atoms with E-state index in [4.69, 9.17) is 14.6 Å². The zero-order valence-electron chi connectivity index (χ0n) is 14.4. The number of piperazine rings is 1. The summed E-state index contributed by atoms with van der Waals surface area (Å²) >= 11 is 0. The van der Waals surface area contributed by atoms with Gasteiger partial charge in [-0.1, -0.05) is 17.7 Å². The van der Waals surface area contributed by atoms with Crippen LogP contribution in [0.1, 0.15) is 19.4 Å². The van der Waals surface area contributed by atoms with Gasteiger partial charge >= 0.3 is 0 Å². The van der Waals surface area contributed by atoms with Gasteiger partial charge in [0.2, 0.25) is 10.0 Å². The maximum atomic E-state index is 12.2. The van der Waals surface area contributed by atoms with E-state index in [1.807, 2.05) is 38.1 Å². The van der Waals surface area contributed by atoms with Gasteiger partial charge in [-0.2, -0.15) is 4.31 Å². The molecule has 2 N–H and O–H groups in total. The van der Waals surface area contributed by atoms with E-state index < -0.39 is 16.0 Å². The monoisotopic (exact) mass is 358 g/mol. The lowest BCUT2D eigenvalue weighted by Gasteiger charge is -2.30. The Hall–Kier alpha value is -1.64. The number of carboxylic acids is 1. The second-order valence-electron chi connectivity index (χ2n) is 5.71. The first-order valence-corrected chi connectivity index (χ1v) is 9.42. The van der Waals surface area contributed by atoms with E-state index in [1.54, 1.807) is 4.31 Å². The molecular formula is C16H26N2O5S. The number of rotatable bonds is 5. The fraction of sp³-hybridized carbons (Fsp3) is 0.562. The predicted octanol–water partition coefficient (Wildman–Crippen LogP) is 1.09. The Morgan fingerprint density at radius 3 is 2.50 bits per heavy atom. The molecule has 1 aliphatic heterocycles. The molecule has 0 aromatic heterocycles. The molecule has 7 nitrogen and oxygen atoms in total. The van der Waals surface area contributed by atoms with Crippen LogP contribution in [0.25, 0.3) is 0 Å². The number of ether oxygens (including phenoxy) is 1. The van der Waals surface area contributed by atoms with Gasteiger partial charge in [-0.15, -0.1) is 0 Å². The van der Waals surface area contributed by atoms with Gasteiger partial charge < -0.3 is 15.2 Å². The van der Waals surface area contributed by atoms with E-state index in [9.17, 15) is 8.42 Å². The molecule has 0 aliphatic carbocycles. The second-order valence-corrected chi connectivity index (χ2v) is 7.80. The molecule has 0 radical (unpaired) electrons. The number of nitrogens with zero attached hydrogens (tertiary/aromatic N) is 1. The number of benzene rings is 1. The molecule has 1 fully saturated rings. The quantitative estimate of drug-likeness (QED) is 0.818. The Labute approximate surface area is 143 Å². The van der Waals surface area contributed by atoms with Crippen LogP contribution in [0.3, 0.4) is 0 Å². The van der Waals surface area contributed by atoms with Gasteiger partial charge in [0, 0.05) is 32.6 Å². The Morgan fingerprint density at radius 1 is 1.38 bits per heavy atom. The lowest BCUT2D eigenvalue weighted by Crippen LogP contribution is -2.52. The average molecular weight is 358 g/mol. The van der Waals surface area contributed by atoms with Crippen LogP contribution in [0.4, 0.5) is 0 Å². The van der Waals surface area contributed by atoms with E-state index in [-0.39, 0.29) is 18.4 Å². The maximum Gasteiger partial charge on any atom is 0.300 e. The smallest absolute Gasteiger partial charge is 0.300 e. The summed E-state index contributed by atoms with van der Waals surface area (Å²) in [6, 6.07) is 7.81. The summed E-state index contributed by atoms with van der Waals surface area (Å²) in [6.45, 7) is 7.04. The summed E-state index contributed by atoms with van der Waals surface area (Å²) in [5, 5.41) is 10.7. The molecule has 0 bridgehead atoms. The Balaban J connectivity index is 0.000000648. The standard InChI is InChI=1S/C14H22N2O3S.C2H4O2/c1-12-3-5-14(6-4-12)19-9-10-20(17,18)16-8-7-15-13(2)11-16;1-2(3)4/h3-6,13,15H,7-11H2,1-2H3;1H3,(H,3,4). The lowest BCUT2D eigenvalue weighted by atomic mass is 10.2. The van der Waals surface area contributed by atoms with Crippen LogP contribution < -0.4 is 10.1 Å². The number of hydrogen-bond donors (Lipinski definition) is 2. The van der Waals surface area contributed by atoms with Crippen molar-refractivity contribution in [3.05, 3.63) is 29.8 Å². The van der Waals surface area contributed by atoms with E-state index in [2.05, 4.69) is 5.32 Å². The molecule has 0 amide bonds. The van der Waals surface area contributed by atoms with Crippen LogP contribution >= 0.6 is 0 Å². The number of aryl methyl sites for hydroxylation is 1. The number of carboxylic acid groups (broad SMARTS) is 1. The summed E-state index contributed by atoms with van der Waals surface area (Å²) < 4.78 is 31.4. The molecule has 24 heavy (non-hydrogen) atoms. The lowest BCUT2D eigenvalue weighted by molar-refractivity contribution is -0.134. The first-order chi connectivity index (χ1) is 11.2. The molecule has 0 saturated carbocycles. The van der Waals surface area contributed by atoms with Crippen LogP contribution in [0, 0.1) is 6.92 Å². The normalized spacial score (nSPS) is 18.4. The first-order valence-electron chi connectivity index (χ1n) is 7.81. The van der Waals surface area contributed by atoms with Crippen molar-refractivity contribution < 1.29 is 23.1 Å². The minimum atomic E-state index is -3.23. The second kappa shape index (κ2) is 9.61. The van der Waals surface area contributed by atoms with E-state index in [0.717, 1.165) is 12.5 Å². The summed E-state index contributed by atoms with van der Waals surface area (Å²) in [4.78, 5) is 9.00. The van der Waals surface area contributed by atoms with Crippen LogP contribution in [0.15, 0.2) is 24.3 Å². The van der Waals surface area contributed by atoms with Crippen molar-refractivity contribution >= 4 is 16.0 Å². The number of sulfonamides is 1. The van der Waals surface area contributed by atoms with Crippen molar-refractivity contribution in [2.75, 3.05) is 32.0 Å². The van der Waals surface area contributed by atoms with Crippen molar-refractivity contribution in [1.82, 2.24) is 9.62 Å².